The van der Waals surface area contributed by atoms with Crippen LogP contribution in [0.25, 0.3) is 0 Å². The highest BCUT2D eigenvalue weighted by molar-refractivity contribution is 7.09. The van der Waals surface area contributed by atoms with Crippen molar-refractivity contribution in [1.29, 1.82) is 5.26 Å². The Morgan fingerprint density at radius 1 is 1.21 bits per heavy atom. The average molecular weight is 467 g/mol. The Kier molecular flexibility index (Phi) is 8.45. The normalized spacial score (nSPS) is 22.1. The predicted octanol–water partition coefficient (Wildman–Crippen LogP) is 4.96. The van der Waals surface area contributed by atoms with Gasteiger partial charge in [-0.2, -0.15) is 5.26 Å². The number of amides is 2. The average Bonchev–Trinajstić information content (AvgIpc) is 3.49. The number of carbonyl (C=O) groups is 2. The first kappa shape index (κ1) is 25.1. The Balaban J connectivity index is 1.67. The number of hydrogen-bond donors (Lipinski definition) is 1. The first-order valence-corrected chi connectivity index (χ1v) is 12.9. The summed E-state index contributed by atoms with van der Waals surface area (Å²) in [7, 11) is 0. The van der Waals surface area contributed by atoms with E-state index in [4.69, 9.17) is 5.73 Å². The zero-order valence-electron chi connectivity index (χ0n) is 19.8. The van der Waals surface area contributed by atoms with Crippen molar-refractivity contribution < 1.29 is 14.1 Å². The maximum Gasteiger partial charge on any atom is 0.314 e. The predicted molar refractivity (Wildman–Crippen MR) is 132 cm³/mol. The topological polar surface area (TPSA) is 83.9 Å². The van der Waals surface area contributed by atoms with Crippen molar-refractivity contribution in [1.82, 2.24) is 0 Å². The van der Waals surface area contributed by atoms with E-state index in [9.17, 15) is 14.9 Å². The Morgan fingerprint density at radius 3 is 2.58 bits per heavy atom. The monoisotopic (exact) mass is 466 g/mol. The molecular formula is C27H36N3O2S+. The fraction of sp³-hybridized carbons (Fsp3) is 0.519. The van der Waals surface area contributed by atoms with E-state index in [2.05, 4.69) is 26.0 Å². The highest BCUT2D eigenvalue weighted by Gasteiger charge is 2.50. The van der Waals surface area contributed by atoms with E-state index in [0.717, 1.165) is 24.8 Å². The number of thiophene rings is 1. The van der Waals surface area contributed by atoms with Gasteiger partial charge in [0.05, 0.1) is 31.0 Å². The third-order valence-electron chi connectivity index (χ3n) is 7.48. The minimum absolute atomic E-state index is 0.125. The van der Waals surface area contributed by atoms with Gasteiger partial charge in [0.1, 0.15) is 0 Å². The van der Waals surface area contributed by atoms with Gasteiger partial charge in [-0.05, 0) is 35.8 Å². The molecule has 0 saturated carbocycles. The summed E-state index contributed by atoms with van der Waals surface area (Å²) < 4.78 is 0.194. The highest BCUT2D eigenvalue weighted by Crippen LogP contribution is 2.37. The lowest BCUT2D eigenvalue weighted by atomic mass is 9.69. The van der Waals surface area contributed by atoms with Crippen LogP contribution in [0.3, 0.4) is 0 Å². The molecule has 6 heteroatoms. The van der Waals surface area contributed by atoms with Gasteiger partial charge in [0.2, 0.25) is 0 Å². The summed E-state index contributed by atoms with van der Waals surface area (Å²) in [5.41, 5.74) is 6.23. The molecule has 1 aliphatic rings. The molecule has 2 N–H and O–H groups in total. The fourth-order valence-corrected chi connectivity index (χ4v) is 6.16. The van der Waals surface area contributed by atoms with E-state index < -0.39 is 11.5 Å². The Hall–Kier alpha value is -2.49. The smallest absolute Gasteiger partial charge is 0.314 e. The van der Waals surface area contributed by atoms with Crippen molar-refractivity contribution in [3.05, 3.63) is 58.3 Å². The SMILES string of the molecule is CC(C)[C@@](C#N)(CCCCC(=O)[N@@+]1(CCc2cccs2)CCCC1C(N)=O)c1ccccc1. The molecule has 2 amide bonds. The maximum atomic E-state index is 13.5. The van der Waals surface area contributed by atoms with Gasteiger partial charge in [-0.1, -0.05) is 56.7 Å². The van der Waals surface area contributed by atoms with E-state index in [1.807, 2.05) is 41.8 Å². The van der Waals surface area contributed by atoms with Crippen LogP contribution >= 0.6 is 11.3 Å². The second kappa shape index (κ2) is 11.1. The molecule has 176 valence electrons. The van der Waals surface area contributed by atoms with Crippen LogP contribution in [0.15, 0.2) is 47.8 Å². The van der Waals surface area contributed by atoms with Gasteiger partial charge in [0.25, 0.3) is 5.91 Å². The van der Waals surface area contributed by atoms with Gasteiger partial charge < -0.3 is 5.73 Å². The third-order valence-corrected chi connectivity index (χ3v) is 8.42. The molecule has 33 heavy (non-hydrogen) atoms. The van der Waals surface area contributed by atoms with Gasteiger partial charge in [-0.3, -0.25) is 9.28 Å². The number of primary amides is 1. The summed E-state index contributed by atoms with van der Waals surface area (Å²) >= 11 is 1.69. The molecule has 3 rings (SSSR count). The van der Waals surface area contributed by atoms with Gasteiger partial charge in [0, 0.05) is 24.1 Å². The molecule has 2 aromatic rings. The van der Waals surface area contributed by atoms with Crippen LogP contribution in [0.2, 0.25) is 0 Å². The van der Waals surface area contributed by atoms with Crippen molar-refractivity contribution in [2.24, 2.45) is 11.7 Å². The quantitative estimate of drug-likeness (QED) is 0.375. The molecule has 1 unspecified atom stereocenters. The summed E-state index contributed by atoms with van der Waals surface area (Å²) in [6.07, 6.45) is 4.96. The lowest BCUT2D eigenvalue weighted by molar-refractivity contribution is -0.857. The van der Waals surface area contributed by atoms with Crippen LogP contribution in [0.4, 0.5) is 0 Å². The van der Waals surface area contributed by atoms with Crippen LogP contribution in [0.1, 0.15) is 62.8 Å². The van der Waals surface area contributed by atoms with E-state index in [1.54, 1.807) is 11.3 Å². The summed E-state index contributed by atoms with van der Waals surface area (Å²) in [5.74, 6) is -0.0679. The molecule has 1 saturated heterocycles. The van der Waals surface area contributed by atoms with Crippen molar-refractivity contribution >= 4 is 23.2 Å². The third kappa shape index (κ3) is 5.37. The second-order valence-electron chi connectivity index (χ2n) is 9.58. The zero-order valence-corrected chi connectivity index (χ0v) is 20.7. The first-order valence-electron chi connectivity index (χ1n) is 12.0. The highest BCUT2D eigenvalue weighted by atomic mass is 32.1. The molecule has 1 aromatic carbocycles. The van der Waals surface area contributed by atoms with E-state index in [-0.39, 0.29) is 22.2 Å². The molecule has 0 aliphatic carbocycles. The number of carbonyl (C=O) groups excluding carboxylic acids is 2. The largest absolute Gasteiger partial charge is 0.364 e. The summed E-state index contributed by atoms with van der Waals surface area (Å²) in [5, 5.41) is 12.1. The van der Waals surface area contributed by atoms with Gasteiger partial charge in [-0.15, -0.1) is 11.3 Å². The lowest BCUT2D eigenvalue weighted by Gasteiger charge is -2.36. The number of unbranched alkanes of at least 4 members (excludes halogenated alkanes) is 1. The lowest BCUT2D eigenvalue weighted by Crippen LogP contribution is -2.61. The number of nitrogens with zero attached hydrogens (tertiary/aromatic N) is 2. The summed E-state index contributed by atoms with van der Waals surface area (Å²) in [6.45, 7) is 5.50. The van der Waals surface area contributed by atoms with Gasteiger partial charge in [-0.25, -0.2) is 4.79 Å². The Bertz CT molecular complexity index is 967. The molecule has 2 heterocycles. The molecule has 3 atom stereocenters. The molecule has 0 radical (unpaired) electrons. The van der Waals surface area contributed by atoms with E-state index in [1.165, 1.54) is 4.88 Å². The first-order chi connectivity index (χ1) is 15.9. The van der Waals surface area contributed by atoms with Crippen molar-refractivity contribution in [2.45, 2.75) is 70.3 Å². The van der Waals surface area contributed by atoms with Crippen LogP contribution in [0.5, 0.6) is 0 Å². The summed E-state index contributed by atoms with van der Waals surface area (Å²) in [6, 6.07) is 16.3. The molecule has 1 aromatic heterocycles. The zero-order chi connectivity index (χ0) is 23.9. The van der Waals surface area contributed by atoms with Crippen molar-refractivity contribution in [3.8, 4) is 6.07 Å². The van der Waals surface area contributed by atoms with E-state index in [0.29, 0.717) is 38.8 Å². The number of hydrogen-bond acceptors (Lipinski definition) is 4. The second-order valence-corrected chi connectivity index (χ2v) is 10.6. The molecular weight excluding hydrogens is 430 g/mol. The van der Waals surface area contributed by atoms with Crippen LogP contribution in [0, 0.1) is 17.2 Å². The van der Waals surface area contributed by atoms with E-state index >= 15 is 0 Å². The van der Waals surface area contributed by atoms with Gasteiger partial charge >= 0.3 is 5.91 Å². The number of nitrogens with two attached hydrogens (primary N) is 1. The number of nitriles is 1. The minimum Gasteiger partial charge on any atom is -0.364 e. The molecule has 5 nitrogen and oxygen atoms in total. The van der Waals surface area contributed by atoms with Crippen molar-refractivity contribution in [2.75, 3.05) is 13.1 Å². The van der Waals surface area contributed by atoms with Crippen LogP contribution in [-0.4, -0.2) is 35.4 Å². The summed E-state index contributed by atoms with van der Waals surface area (Å²) in [4.78, 5) is 27.0. The number of quaternary nitrogens is 1. The molecule has 1 fully saturated rings. The Labute approximate surface area is 201 Å². The van der Waals surface area contributed by atoms with Crippen LogP contribution in [-0.2, 0) is 21.4 Å². The van der Waals surface area contributed by atoms with Crippen LogP contribution < -0.4 is 5.73 Å². The molecule has 0 spiro atoms. The maximum absolute atomic E-state index is 13.5. The number of rotatable bonds is 11. The molecule has 1 aliphatic heterocycles. The minimum atomic E-state index is -0.556. The molecule has 0 bridgehead atoms. The number of likely N-dealkylation sites (tertiary alicyclic amines) is 1. The Morgan fingerprint density at radius 2 is 1.97 bits per heavy atom. The van der Waals surface area contributed by atoms with Crippen molar-refractivity contribution in [3.63, 3.8) is 0 Å². The standard InChI is InChI=1S/C27H35N3O2S/c1-21(2)27(20-28,22-10-4-3-5-11-22)16-7-6-14-25(31)30(17-8-13-24(30)26(29)32)18-15-23-12-9-19-33-23/h3-5,9-12,19,21,24H,6-8,13-18H2,1-2H3,(H-,29,32)/p+1/t24?,27-,30+/m0/s1. The van der Waals surface area contributed by atoms with Gasteiger partial charge in [0.15, 0.2) is 6.04 Å². The fourth-order valence-electron chi connectivity index (χ4n) is 5.47. The number of benzene rings is 1.